The van der Waals surface area contributed by atoms with E-state index in [4.69, 9.17) is 12.2 Å². The van der Waals surface area contributed by atoms with Crippen LogP contribution in [0.3, 0.4) is 0 Å². The van der Waals surface area contributed by atoms with E-state index in [0.29, 0.717) is 14.8 Å². The summed E-state index contributed by atoms with van der Waals surface area (Å²) >= 11 is 6.55. The lowest BCUT2D eigenvalue weighted by Crippen LogP contribution is -2.27. The standard InChI is InChI=1S/C21H16N2O2S2/c1-12-7-8-14(9-13(12)2)23-20(25)19(27-21(23)26)10-18(24)16-11-22-17-6-4-3-5-15(16)17/h3-11,22H,1-2H3/b19-10+. The number of allylic oxidation sites excluding steroid dienone is 1. The first-order valence-corrected chi connectivity index (χ1v) is 9.64. The van der Waals surface area contributed by atoms with E-state index in [1.165, 1.54) is 11.0 Å². The number of anilines is 1. The largest absolute Gasteiger partial charge is 0.360 e. The molecule has 0 atom stereocenters. The fraction of sp³-hybridized carbons (Fsp3) is 0.0952. The molecule has 1 amide bonds. The number of benzene rings is 2. The van der Waals surface area contributed by atoms with Crippen LogP contribution in [0.4, 0.5) is 5.69 Å². The molecular weight excluding hydrogens is 376 g/mol. The highest BCUT2D eigenvalue weighted by molar-refractivity contribution is 8.27. The highest BCUT2D eigenvalue weighted by Crippen LogP contribution is 2.36. The zero-order valence-electron chi connectivity index (χ0n) is 14.8. The minimum absolute atomic E-state index is 0.215. The lowest BCUT2D eigenvalue weighted by molar-refractivity contribution is -0.113. The smallest absolute Gasteiger partial charge is 0.270 e. The van der Waals surface area contributed by atoms with Crippen LogP contribution in [0.25, 0.3) is 10.9 Å². The lowest BCUT2D eigenvalue weighted by atomic mass is 10.1. The second kappa shape index (κ2) is 6.79. The number of amides is 1. The Morgan fingerprint density at radius 3 is 2.70 bits per heavy atom. The number of carbonyl (C=O) groups excluding carboxylic acids is 2. The van der Waals surface area contributed by atoms with Gasteiger partial charge in [0.15, 0.2) is 10.1 Å². The van der Waals surface area contributed by atoms with E-state index in [1.807, 2.05) is 56.3 Å². The van der Waals surface area contributed by atoms with Crippen LogP contribution in [0.15, 0.2) is 59.6 Å². The number of nitrogens with one attached hydrogen (secondary N) is 1. The number of para-hydroxylation sites is 1. The van der Waals surface area contributed by atoms with Crippen molar-refractivity contribution in [3.8, 4) is 0 Å². The average Bonchev–Trinajstić information content (AvgIpc) is 3.19. The lowest BCUT2D eigenvalue weighted by Gasteiger charge is -2.15. The highest BCUT2D eigenvalue weighted by atomic mass is 32.2. The second-order valence-corrected chi connectivity index (χ2v) is 8.07. The number of nitrogens with zero attached hydrogens (tertiary/aromatic N) is 1. The van der Waals surface area contributed by atoms with Crippen LogP contribution >= 0.6 is 24.0 Å². The molecule has 0 aliphatic carbocycles. The summed E-state index contributed by atoms with van der Waals surface area (Å²) in [7, 11) is 0. The Kier molecular flexibility index (Phi) is 4.45. The van der Waals surface area contributed by atoms with Gasteiger partial charge in [-0.2, -0.15) is 0 Å². The molecule has 1 aliphatic rings. The predicted octanol–water partition coefficient (Wildman–Crippen LogP) is 4.92. The number of hydrogen-bond acceptors (Lipinski definition) is 4. The Balaban J connectivity index is 1.66. The van der Waals surface area contributed by atoms with Crippen molar-refractivity contribution in [2.45, 2.75) is 13.8 Å². The Bertz CT molecular complexity index is 1140. The van der Waals surface area contributed by atoms with E-state index in [0.717, 1.165) is 39.5 Å². The number of aryl methyl sites for hydroxylation is 2. The minimum Gasteiger partial charge on any atom is -0.360 e. The molecule has 4 nitrogen and oxygen atoms in total. The van der Waals surface area contributed by atoms with Gasteiger partial charge in [0.2, 0.25) is 0 Å². The van der Waals surface area contributed by atoms with Crippen LogP contribution in [0, 0.1) is 13.8 Å². The summed E-state index contributed by atoms with van der Waals surface area (Å²) in [5.74, 6) is -0.477. The summed E-state index contributed by atoms with van der Waals surface area (Å²) in [6.07, 6.45) is 3.06. The molecular formula is C21H16N2O2S2. The summed E-state index contributed by atoms with van der Waals surface area (Å²) in [5, 5.41) is 0.836. The van der Waals surface area contributed by atoms with Gasteiger partial charge in [-0.05, 0) is 43.2 Å². The number of ketones is 1. The van der Waals surface area contributed by atoms with Crippen molar-refractivity contribution in [3.63, 3.8) is 0 Å². The Morgan fingerprint density at radius 2 is 1.93 bits per heavy atom. The van der Waals surface area contributed by atoms with Gasteiger partial charge in [0.05, 0.1) is 10.6 Å². The molecule has 0 saturated carbocycles. The Morgan fingerprint density at radius 1 is 1.15 bits per heavy atom. The number of H-pyrrole nitrogens is 1. The third-order valence-electron chi connectivity index (χ3n) is 4.66. The van der Waals surface area contributed by atoms with Crippen molar-refractivity contribution in [3.05, 3.63) is 76.3 Å². The van der Waals surface area contributed by atoms with E-state index in [1.54, 1.807) is 6.20 Å². The van der Waals surface area contributed by atoms with Crippen LogP contribution in [0.1, 0.15) is 21.5 Å². The van der Waals surface area contributed by atoms with Crippen molar-refractivity contribution in [1.29, 1.82) is 0 Å². The fourth-order valence-electron chi connectivity index (χ4n) is 3.03. The molecule has 4 rings (SSSR count). The first kappa shape index (κ1) is 17.7. The number of rotatable bonds is 3. The summed E-state index contributed by atoms with van der Waals surface area (Å²) in [5.41, 5.74) is 4.39. The fourth-order valence-corrected chi connectivity index (χ4v) is 4.30. The van der Waals surface area contributed by atoms with Gasteiger partial charge in [0, 0.05) is 28.7 Å². The molecule has 0 radical (unpaired) electrons. The topological polar surface area (TPSA) is 53.2 Å². The summed E-state index contributed by atoms with van der Waals surface area (Å²) in [6.45, 7) is 4.01. The van der Waals surface area contributed by atoms with Crippen molar-refractivity contribution < 1.29 is 9.59 Å². The van der Waals surface area contributed by atoms with E-state index >= 15 is 0 Å². The zero-order valence-corrected chi connectivity index (χ0v) is 16.4. The predicted molar refractivity (Wildman–Crippen MR) is 114 cm³/mol. The van der Waals surface area contributed by atoms with Crippen LogP contribution < -0.4 is 4.90 Å². The molecule has 1 fully saturated rings. The summed E-state index contributed by atoms with van der Waals surface area (Å²) < 4.78 is 0.432. The first-order valence-electron chi connectivity index (χ1n) is 8.41. The SMILES string of the molecule is Cc1ccc(N2C(=O)/C(=C\C(=O)c3c[nH]c4ccccc34)SC2=S)cc1C. The number of thiocarbonyl (C=S) groups is 1. The number of aromatic amines is 1. The van der Waals surface area contributed by atoms with Crippen molar-refractivity contribution in [1.82, 2.24) is 4.98 Å². The normalized spacial score (nSPS) is 15.9. The molecule has 2 heterocycles. The van der Waals surface area contributed by atoms with E-state index < -0.39 is 0 Å². The molecule has 1 saturated heterocycles. The number of fused-ring (bicyclic) bond motifs is 1. The third kappa shape index (κ3) is 3.11. The highest BCUT2D eigenvalue weighted by Gasteiger charge is 2.34. The first-order chi connectivity index (χ1) is 13.0. The molecule has 27 heavy (non-hydrogen) atoms. The van der Waals surface area contributed by atoms with E-state index in [2.05, 4.69) is 4.98 Å². The Labute approximate surface area is 166 Å². The molecule has 1 aliphatic heterocycles. The van der Waals surface area contributed by atoms with Crippen molar-refractivity contribution in [2.75, 3.05) is 4.90 Å². The van der Waals surface area contributed by atoms with Crippen LogP contribution in [0.2, 0.25) is 0 Å². The van der Waals surface area contributed by atoms with Gasteiger partial charge in [0.1, 0.15) is 0 Å². The maximum atomic E-state index is 12.9. The number of thioether (sulfide) groups is 1. The van der Waals surface area contributed by atoms with E-state index in [-0.39, 0.29) is 11.7 Å². The molecule has 0 unspecified atom stereocenters. The summed E-state index contributed by atoms with van der Waals surface area (Å²) in [4.78, 5) is 30.5. The van der Waals surface area contributed by atoms with Gasteiger partial charge in [-0.25, -0.2) is 0 Å². The van der Waals surface area contributed by atoms with Gasteiger partial charge in [0.25, 0.3) is 5.91 Å². The molecule has 0 bridgehead atoms. The van der Waals surface area contributed by atoms with Crippen LogP contribution in [-0.2, 0) is 4.79 Å². The molecule has 1 N–H and O–H groups in total. The van der Waals surface area contributed by atoms with Gasteiger partial charge in [-0.3, -0.25) is 14.5 Å². The molecule has 6 heteroatoms. The molecule has 0 spiro atoms. The number of aromatic nitrogens is 1. The number of carbonyl (C=O) groups is 2. The molecule has 2 aromatic carbocycles. The second-order valence-electron chi connectivity index (χ2n) is 6.40. The van der Waals surface area contributed by atoms with Crippen molar-refractivity contribution >= 4 is 56.6 Å². The van der Waals surface area contributed by atoms with Gasteiger partial charge in [-0.1, -0.05) is 48.2 Å². The maximum Gasteiger partial charge on any atom is 0.270 e. The molecule has 1 aromatic heterocycles. The van der Waals surface area contributed by atoms with E-state index in [9.17, 15) is 9.59 Å². The summed E-state index contributed by atoms with van der Waals surface area (Å²) in [6, 6.07) is 13.3. The van der Waals surface area contributed by atoms with Gasteiger partial charge >= 0.3 is 0 Å². The van der Waals surface area contributed by atoms with Gasteiger partial charge in [-0.15, -0.1) is 0 Å². The maximum absolute atomic E-state index is 12.9. The average molecular weight is 393 g/mol. The molecule has 134 valence electrons. The number of hydrogen-bond donors (Lipinski definition) is 1. The quantitative estimate of drug-likeness (QED) is 0.391. The molecule has 3 aromatic rings. The monoisotopic (exact) mass is 392 g/mol. The van der Waals surface area contributed by atoms with Gasteiger partial charge < -0.3 is 4.98 Å². The minimum atomic E-state index is -0.263. The van der Waals surface area contributed by atoms with Crippen LogP contribution in [-0.4, -0.2) is 21.0 Å². The van der Waals surface area contributed by atoms with Crippen LogP contribution in [0.5, 0.6) is 0 Å². The van der Waals surface area contributed by atoms with Crippen molar-refractivity contribution in [2.24, 2.45) is 0 Å². The zero-order chi connectivity index (χ0) is 19.1. The Hall–Kier alpha value is -2.70. The third-order valence-corrected chi connectivity index (χ3v) is 5.96.